The van der Waals surface area contributed by atoms with Crippen molar-refractivity contribution in [3.63, 3.8) is 0 Å². The molecule has 3 heteroatoms. The van der Waals surface area contributed by atoms with Crippen molar-refractivity contribution < 1.29 is 0 Å². The van der Waals surface area contributed by atoms with Gasteiger partial charge in [0.1, 0.15) is 0 Å². The average Bonchev–Trinajstić information content (AvgIpc) is 3.09. The summed E-state index contributed by atoms with van der Waals surface area (Å²) in [7, 11) is 0. The quantitative estimate of drug-likeness (QED) is 0.672. The fourth-order valence-corrected chi connectivity index (χ4v) is 2.48. The number of benzene rings is 2. The summed E-state index contributed by atoms with van der Waals surface area (Å²) in [5.74, 6) is 0. The maximum Gasteiger partial charge on any atom is 0.0945 e. The summed E-state index contributed by atoms with van der Waals surface area (Å²) < 4.78 is 2.11. The van der Waals surface area contributed by atoms with Gasteiger partial charge in [0.2, 0.25) is 0 Å². The Balaban J connectivity index is 1.43. The number of hydrogen-bond acceptors (Lipinski definition) is 2. The molecule has 0 aliphatic heterocycles. The first-order valence-electron chi connectivity index (χ1n) is 7.73. The molecule has 0 saturated heterocycles. The highest BCUT2D eigenvalue weighted by Gasteiger charge is 1.97. The predicted octanol–water partition coefficient (Wildman–Crippen LogP) is 3.73. The van der Waals surface area contributed by atoms with E-state index in [2.05, 4.69) is 63.4 Å². The summed E-state index contributed by atoms with van der Waals surface area (Å²) in [6, 6.07) is 19.3. The van der Waals surface area contributed by atoms with E-state index in [4.69, 9.17) is 0 Å². The minimum Gasteiger partial charge on any atom is -0.337 e. The topological polar surface area (TPSA) is 29.9 Å². The molecule has 0 saturated carbocycles. The van der Waals surface area contributed by atoms with Crippen LogP contribution in [0.25, 0.3) is 11.1 Å². The molecule has 0 aliphatic carbocycles. The van der Waals surface area contributed by atoms with Gasteiger partial charge in [-0.3, -0.25) is 0 Å². The van der Waals surface area contributed by atoms with Gasteiger partial charge < -0.3 is 9.88 Å². The van der Waals surface area contributed by atoms with Gasteiger partial charge in [-0.15, -0.1) is 0 Å². The minimum absolute atomic E-state index is 0.916. The Morgan fingerprint density at radius 3 is 2.41 bits per heavy atom. The van der Waals surface area contributed by atoms with Crippen molar-refractivity contribution in [1.82, 2.24) is 14.9 Å². The van der Waals surface area contributed by atoms with E-state index in [1.807, 2.05) is 24.8 Å². The summed E-state index contributed by atoms with van der Waals surface area (Å²) in [4.78, 5) is 4.04. The Morgan fingerprint density at radius 2 is 1.68 bits per heavy atom. The average molecular weight is 291 g/mol. The molecule has 0 unspecified atom stereocenters. The monoisotopic (exact) mass is 291 g/mol. The zero-order valence-electron chi connectivity index (χ0n) is 12.7. The zero-order valence-corrected chi connectivity index (χ0v) is 12.7. The SMILES string of the molecule is c1ccc(-c2ccc(CNCCCn3ccnc3)cc2)cc1. The predicted molar refractivity (Wildman–Crippen MR) is 90.4 cm³/mol. The van der Waals surface area contributed by atoms with E-state index in [0.29, 0.717) is 0 Å². The van der Waals surface area contributed by atoms with Crippen LogP contribution in [0.3, 0.4) is 0 Å². The molecule has 0 bridgehead atoms. The van der Waals surface area contributed by atoms with Crippen LogP contribution in [0.15, 0.2) is 73.3 Å². The van der Waals surface area contributed by atoms with Crippen molar-refractivity contribution in [1.29, 1.82) is 0 Å². The molecule has 1 aromatic heterocycles. The van der Waals surface area contributed by atoms with E-state index in [-0.39, 0.29) is 0 Å². The second kappa shape index (κ2) is 7.57. The van der Waals surface area contributed by atoms with Gasteiger partial charge in [-0.1, -0.05) is 54.6 Å². The van der Waals surface area contributed by atoms with E-state index in [1.165, 1.54) is 16.7 Å². The van der Waals surface area contributed by atoms with E-state index in [1.54, 1.807) is 0 Å². The molecule has 2 aromatic carbocycles. The molecule has 3 nitrogen and oxygen atoms in total. The molecule has 0 amide bonds. The number of nitrogens with one attached hydrogen (secondary N) is 1. The lowest BCUT2D eigenvalue weighted by molar-refractivity contribution is 0.581. The molecule has 3 aromatic rings. The Kier molecular flexibility index (Phi) is 5.00. The van der Waals surface area contributed by atoms with Gasteiger partial charge in [0.25, 0.3) is 0 Å². The Morgan fingerprint density at radius 1 is 0.909 bits per heavy atom. The van der Waals surface area contributed by atoms with E-state index < -0.39 is 0 Å². The van der Waals surface area contributed by atoms with Crippen LogP contribution in [0.4, 0.5) is 0 Å². The van der Waals surface area contributed by atoms with Crippen molar-refractivity contribution in [3.8, 4) is 11.1 Å². The van der Waals surface area contributed by atoms with Gasteiger partial charge in [0.15, 0.2) is 0 Å². The lowest BCUT2D eigenvalue weighted by Gasteiger charge is -2.07. The van der Waals surface area contributed by atoms with Crippen molar-refractivity contribution in [2.45, 2.75) is 19.5 Å². The molecule has 1 N–H and O–H groups in total. The smallest absolute Gasteiger partial charge is 0.0945 e. The first kappa shape index (κ1) is 14.5. The van der Waals surface area contributed by atoms with Gasteiger partial charge in [-0.05, 0) is 29.7 Å². The highest BCUT2D eigenvalue weighted by molar-refractivity contribution is 5.63. The zero-order chi connectivity index (χ0) is 15.0. The summed E-state index contributed by atoms with van der Waals surface area (Å²) >= 11 is 0. The fourth-order valence-electron chi connectivity index (χ4n) is 2.48. The largest absolute Gasteiger partial charge is 0.337 e. The number of nitrogens with zero attached hydrogens (tertiary/aromatic N) is 2. The Bertz CT molecular complexity index is 658. The molecular formula is C19H21N3. The molecule has 0 fully saturated rings. The van der Waals surface area contributed by atoms with Gasteiger partial charge in [0.05, 0.1) is 6.33 Å². The van der Waals surface area contributed by atoms with Crippen LogP contribution in [-0.4, -0.2) is 16.1 Å². The summed E-state index contributed by atoms with van der Waals surface area (Å²) in [6.07, 6.45) is 6.80. The molecule has 0 atom stereocenters. The summed E-state index contributed by atoms with van der Waals surface area (Å²) in [5.41, 5.74) is 3.86. The molecule has 22 heavy (non-hydrogen) atoms. The molecule has 112 valence electrons. The van der Waals surface area contributed by atoms with Crippen LogP contribution in [0, 0.1) is 0 Å². The lowest BCUT2D eigenvalue weighted by atomic mass is 10.0. The number of aryl methyl sites for hydroxylation is 1. The number of hydrogen-bond donors (Lipinski definition) is 1. The third-order valence-corrected chi connectivity index (χ3v) is 3.72. The van der Waals surface area contributed by atoms with E-state index in [0.717, 1.165) is 26.1 Å². The van der Waals surface area contributed by atoms with Gasteiger partial charge in [0, 0.05) is 25.5 Å². The van der Waals surface area contributed by atoms with Crippen LogP contribution in [0.5, 0.6) is 0 Å². The highest BCUT2D eigenvalue weighted by Crippen LogP contribution is 2.19. The van der Waals surface area contributed by atoms with Crippen LogP contribution in [0.2, 0.25) is 0 Å². The van der Waals surface area contributed by atoms with E-state index >= 15 is 0 Å². The molecular weight excluding hydrogens is 270 g/mol. The second-order valence-electron chi connectivity index (χ2n) is 5.39. The summed E-state index contributed by atoms with van der Waals surface area (Å²) in [6.45, 7) is 2.94. The number of aromatic nitrogens is 2. The third kappa shape index (κ3) is 4.06. The maximum atomic E-state index is 4.04. The van der Waals surface area contributed by atoms with Crippen molar-refractivity contribution >= 4 is 0 Å². The molecule has 0 aliphatic rings. The molecule has 3 rings (SSSR count). The second-order valence-corrected chi connectivity index (χ2v) is 5.39. The van der Waals surface area contributed by atoms with Crippen LogP contribution < -0.4 is 5.32 Å². The summed E-state index contributed by atoms with van der Waals surface area (Å²) in [5, 5.41) is 3.49. The Hall–Kier alpha value is -2.39. The van der Waals surface area contributed by atoms with Gasteiger partial charge in [-0.25, -0.2) is 4.98 Å². The Labute approximate surface area is 131 Å². The van der Waals surface area contributed by atoms with Gasteiger partial charge >= 0.3 is 0 Å². The molecule has 0 radical (unpaired) electrons. The van der Waals surface area contributed by atoms with Crippen molar-refractivity contribution in [2.24, 2.45) is 0 Å². The normalized spacial score (nSPS) is 10.7. The standard InChI is InChI=1S/C19H21N3/c1-2-5-18(6-3-1)19-9-7-17(8-10-19)15-20-11-4-13-22-14-12-21-16-22/h1-3,5-10,12,14,16,20H,4,11,13,15H2. The van der Waals surface area contributed by atoms with Crippen LogP contribution in [0.1, 0.15) is 12.0 Å². The third-order valence-electron chi connectivity index (χ3n) is 3.72. The lowest BCUT2D eigenvalue weighted by Crippen LogP contribution is -2.16. The minimum atomic E-state index is 0.916. The first-order valence-corrected chi connectivity index (χ1v) is 7.73. The highest BCUT2D eigenvalue weighted by atomic mass is 15.0. The van der Waals surface area contributed by atoms with E-state index in [9.17, 15) is 0 Å². The van der Waals surface area contributed by atoms with Crippen molar-refractivity contribution in [2.75, 3.05) is 6.54 Å². The van der Waals surface area contributed by atoms with Crippen molar-refractivity contribution in [3.05, 3.63) is 78.9 Å². The molecule has 0 spiro atoms. The molecule has 1 heterocycles. The van der Waals surface area contributed by atoms with Gasteiger partial charge in [-0.2, -0.15) is 0 Å². The van der Waals surface area contributed by atoms with Crippen LogP contribution >= 0.6 is 0 Å². The first-order chi connectivity index (χ1) is 10.9. The van der Waals surface area contributed by atoms with Crippen LogP contribution in [-0.2, 0) is 13.1 Å². The number of imidazole rings is 1. The maximum absolute atomic E-state index is 4.04. The fraction of sp³-hybridized carbons (Fsp3) is 0.211. The number of rotatable bonds is 7.